The number of thiophene rings is 1. The van der Waals surface area contributed by atoms with Crippen LogP contribution in [-0.2, 0) is 10.0 Å². The molecule has 0 aliphatic carbocycles. The summed E-state index contributed by atoms with van der Waals surface area (Å²) in [6.07, 6.45) is 2.58. The highest BCUT2D eigenvalue weighted by Crippen LogP contribution is 2.33. The largest absolute Gasteiger partial charge is 0.261 e. The van der Waals surface area contributed by atoms with Gasteiger partial charge < -0.3 is 0 Å². The predicted octanol–water partition coefficient (Wildman–Crippen LogP) is 3.08. The molecule has 0 amide bonds. The minimum Gasteiger partial charge on any atom is -0.261 e. The third-order valence-electron chi connectivity index (χ3n) is 3.40. The molecule has 0 saturated carbocycles. The van der Waals surface area contributed by atoms with Crippen LogP contribution in [0.1, 0.15) is 18.0 Å². The van der Waals surface area contributed by atoms with Gasteiger partial charge in [0.2, 0.25) is 0 Å². The number of pyridine rings is 1. The average Bonchev–Trinajstić information content (AvgIpc) is 3.09. The first-order chi connectivity index (χ1) is 9.57. The molecule has 3 rings (SSSR count). The maximum absolute atomic E-state index is 12.5. The zero-order valence-corrected chi connectivity index (χ0v) is 13.8. The first-order valence-corrected chi connectivity index (χ1v) is 9.29. The van der Waals surface area contributed by atoms with Crippen molar-refractivity contribution in [1.29, 1.82) is 0 Å². The maximum atomic E-state index is 12.5. The summed E-state index contributed by atoms with van der Waals surface area (Å²) in [6, 6.07) is 9.19. The second-order valence-electron chi connectivity index (χ2n) is 4.66. The molecule has 7 heteroatoms. The van der Waals surface area contributed by atoms with E-state index in [2.05, 4.69) is 20.9 Å². The Morgan fingerprint density at radius 2 is 2.15 bits per heavy atom. The molecule has 1 aliphatic heterocycles. The SMILES string of the molecule is O=S(=O)(c1ccc(Br)s1)N1CCC(c2ccccn2)C1. The molecule has 1 saturated heterocycles. The summed E-state index contributed by atoms with van der Waals surface area (Å²) in [6.45, 7) is 1.06. The number of hydrogen-bond acceptors (Lipinski definition) is 4. The third-order valence-corrected chi connectivity index (χ3v) is 7.36. The van der Waals surface area contributed by atoms with E-state index in [9.17, 15) is 8.42 Å². The summed E-state index contributed by atoms with van der Waals surface area (Å²) < 4.78 is 27.8. The van der Waals surface area contributed by atoms with Crippen molar-refractivity contribution in [2.45, 2.75) is 16.5 Å². The summed E-state index contributed by atoms with van der Waals surface area (Å²) in [5.41, 5.74) is 0.970. The van der Waals surface area contributed by atoms with E-state index in [1.807, 2.05) is 18.2 Å². The maximum Gasteiger partial charge on any atom is 0.252 e. The molecular weight excluding hydrogens is 360 g/mol. The van der Waals surface area contributed by atoms with Crippen molar-refractivity contribution in [3.05, 3.63) is 46.0 Å². The zero-order chi connectivity index (χ0) is 14.2. The summed E-state index contributed by atoms with van der Waals surface area (Å²) in [5, 5.41) is 0. The van der Waals surface area contributed by atoms with Crippen LogP contribution in [0.25, 0.3) is 0 Å². The number of nitrogens with zero attached hydrogens (tertiary/aromatic N) is 2. The number of hydrogen-bond donors (Lipinski definition) is 0. The van der Waals surface area contributed by atoms with Crippen molar-refractivity contribution in [1.82, 2.24) is 9.29 Å². The van der Waals surface area contributed by atoms with Crippen LogP contribution >= 0.6 is 27.3 Å². The molecular formula is C13H13BrN2O2S2. The molecule has 0 aromatic carbocycles. The molecule has 20 heavy (non-hydrogen) atoms. The van der Waals surface area contributed by atoms with Crippen LogP contribution in [0.3, 0.4) is 0 Å². The lowest BCUT2D eigenvalue weighted by atomic mass is 10.0. The highest BCUT2D eigenvalue weighted by Gasteiger charge is 2.34. The quantitative estimate of drug-likeness (QED) is 0.831. The van der Waals surface area contributed by atoms with Crippen LogP contribution < -0.4 is 0 Å². The Bertz CT molecular complexity index is 700. The fourth-order valence-electron chi connectivity index (χ4n) is 2.37. The molecule has 0 spiro atoms. The predicted molar refractivity (Wildman–Crippen MR) is 82.4 cm³/mol. The molecule has 2 aromatic heterocycles. The Hall–Kier alpha value is -0.760. The van der Waals surface area contributed by atoms with Crippen molar-refractivity contribution < 1.29 is 8.42 Å². The smallest absolute Gasteiger partial charge is 0.252 e. The van der Waals surface area contributed by atoms with Gasteiger partial charge in [-0.2, -0.15) is 4.31 Å². The van der Waals surface area contributed by atoms with E-state index in [0.717, 1.165) is 15.9 Å². The molecule has 0 bridgehead atoms. The van der Waals surface area contributed by atoms with E-state index in [4.69, 9.17) is 0 Å². The molecule has 1 aliphatic rings. The van der Waals surface area contributed by atoms with Crippen LogP contribution in [0.15, 0.2) is 44.5 Å². The summed E-state index contributed by atoms with van der Waals surface area (Å²) in [4.78, 5) is 4.33. The molecule has 1 fully saturated rings. The van der Waals surface area contributed by atoms with Gasteiger partial charge in [0.15, 0.2) is 0 Å². The van der Waals surface area contributed by atoms with Crippen molar-refractivity contribution in [3.63, 3.8) is 0 Å². The summed E-state index contributed by atoms with van der Waals surface area (Å²) in [5.74, 6) is 0.189. The number of halogens is 1. The van der Waals surface area contributed by atoms with Crippen molar-refractivity contribution in [3.8, 4) is 0 Å². The first kappa shape index (κ1) is 14.2. The van der Waals surface area contributed by atoms with Crippen LogP contribution in [0.5, 0.6) is 0 Å². The van der Waals surface area contributed by atoms with Crippen LogP contribution in [0, 0.1) is 0 Å². The van der Waals surface area contributed by atoms with Crippen molar-refractivity contribution in [2.24, 2.45) is 0 Å². The molecule has 0 radical (unpaired) electrons. The third kappa shape index (κ3) is 2.67. The fourth-order valence-corrected chi connectivity index (χ4v) is 6.03. The van der Waals surface area contributed by atoms with E-state index < -0.39 is 10.0 Å². The monoisotopic (exact) mass is 372 g/mol. The lowest BCUT2D eigenvalue weighted by molar-refractivity contribution is 0.474. The summed E-state index contributed by atoms with van der Waals surface area (Å²) >= 11 is 4.56. The van der Waals surface area contributed by atoms with Gasteiger partial charge in [-0.3, -0.25) is 4.98 Å². The normalized spacial score (nSPS) is 20.4. The number of aromatic nitrogens is 1. The van der Waals surface area contributed by atoms with Gasteiger partial charge in [0.05, 0.1) is 3.79 Å². The van der Waals surface area contributed by atoms with Crippen molar-refractivity contribution in [2.75, 3.05) is 13.1 Å². The standard InChI is InChI=1S/C13H13BrN2O2S2/c14-12-4-5-13(19-12)20(17,18)16-8-6-10(9-16)11-3-1-2-7-15-11/h1-5,7,10H,6,8-9H2. The lowest BCUT2D eigenvalue weighted by Crippen LogP contribution is -2.28. The minimum absolute atomic E-state index is 0.189. The Morgan fingerprint density at radius 1 is 1.30 bits per heavy atom. The second-order valence-corrected chi connectivity index (χ2v) is 9.29. The van der Waals surface area contributed by atoms with E-state index in [-0.39, 0.29) is 5.92 Å². The van der Waals surface area contributed by atoms with Gasteiger partial charge >= 0.3 is 0 Å². The van der Waals surface area contributed by atoms with Gasteiger partial charge in [-0.15, -0.1) is 11.3 Å². The fraction of sp³-hybridized carbons (Fsp3) is 0.308. The van der Waals surface area contributed by atoms with Gasteiger partial charge in [0.25, 0.3) is 10.0 Å². The highest BCUT2D eigenvalue weighted by atomic mass is 79.9. The van der Waals surface area contributed by atoms with Crippen LogP contribution in [0.4, 0.5) is 0 Å². The Balaban J connectivity index is 1.80. The molecule has 3 heterocycles. The van der Waals surface area contributed by atoms with E-state index in [1.54, 1.807) is 22.6 Å². The van der Waals surface area contributed by atoms with Gasteiger partial charge in [-0.05, 0) is 46.6 Å². The Labute approximate surface area is 130 Å². The van der Waals surface area contributed by atoms with Gasteiger partial charge in [-0.1, -0.05) is 6.07 Å². The number of sulfonamides is 1. The second kappa shape index (κ2) is 5.55. The minimum atomic E-state index is -3.36. The summed E-state index contributed by atoms with van der Waals surface area (Å²) in [7, 11) is -3.36. The zero-order valence-electron chi connectivity index (χ0n) is 10.6. The first-order valence-electron chi connectivity index (χ1n) is 6.24. The van der Waals surface area contributed by atoms with Crippen LogP contribution in [0.2, 0.25) is 0 Å². The molecule has 4 nitrogen and oxygen atoms in total. The van der Waals surface area contributed by atoms with Crippen molar-refractivity contribution >= 4 is 37.3 Å². The van der Waals surface area contributed by atoms with E-state index in [1.165, 1.54) is 11.3 Å². The average molecular weight is 373 g/mol. The van der Waals surface area contributed by atoms with E-state index in [0.29, 0.717) is 17.3 Å². The molecule has 2 aromatic rings. The molecule has 1 unspecified atom stereocenters. The molecule has 106 valence electrons. The van der Waals surface area contributed by atoms with Gasteiger partial charge in [-0.25, -0.2) is 8.42 Å². The van der Waals surface area contributed by atoms with E-state index >= 15 is 0 Å². The van der Waals surface area contributed by atoms with Gasteiger partial charge in [0.1, 0.15) is 4.21 Å². The highest BCUT2D eigenvalue weighted by molar-refractivity contribution is 9.11. The van der Waals surface area contributed by atoms with Gasteiger partial charge in [0, 0.05) is 30.9 Å². The lowest BCUT2D eigenvalue weighted by Gasteiger charge is -2.15. The topological polar surface area (TPSA) is 50.3 Å². The Morgan fingerprint density at radius 3 is 2.80 bits per heavy atom. The molecule has 1 atom stereocenters. The Kier molecular flexibility index (Phi) is 3.94. The molecule has 0 N–H and O–H groups in total. The number of rotatable bonds is 3. The van der Waals surface area contributed by atoms with Crippen LogP contribution in [-0.4, -0.2) is 30.8 Å².